The molecule has 2 aromatic carbocycles. The number of nitrogens with zero attached hydrogens (tertiary/aromatic N) is 1. The molecule has 0 aliphatic carbocycles. The van der Waals surface area contributed by atoms with E-state index in [1.54, 1.807) is 48.2 Å². The van der Waals surface area contributed by atoms with E-state index in [0.29, 0.717) is 34.8 Å². The number of unbranched alkanes of at least 4 members (excludes halogenated alkanes) is 1. The Morgan fingerprint density at radius 2 is 1.64 bits per heavy atom. The number of methoxy groups -OCH3 is 1. The molecular weight excluding hydrogens is 528 g/mol. The van der Waals surface area contributed by atoms with E-state index in [9.17, 15) is 14.4 Å². The van der Waals surface area contributed by atoms with Gasteiger partial charge in [0.15, 0.2) is 0 Å². The zero-order chi connectivity index (χ0) is 26.1. The van der Waals surface area contributed by atoms with Gasteiger partial charge in [-0.25, -0.2) is 14.4 Å². The first kappa shape index (κ1) is 27.2. The summed E-state index contributed by atoms with van der Waals surface area (Å²) in [5.41, 5.74) is 2.84. The molecule has 4 amide bonds. The number of amides is 4. The number of halogens is 1. The fourth-order valence-corrected chi connectivity index (χ4v) is 4.03. The quantitative estimate of drug-likeness (QED) is 0.266. The van der Waals surface area contributed by atoms with Gasteiger partial charge in [0, 0.05) is 35.2 Å². The maximum absolute atomic E-state index is 13.0. The van der Waals surface area contributed by atoms with Crippen molar-refractivity contribution in [1.82, 2.24) is 10.2 Å². The first-order valence-corrected chi connectivity index (χ1v) is 12.5. The molecule has 2 aromatic rings. The number of nitrogens with one attached hydrogen (secondary N) is 3. The minimum Gasteiger partial charge on any atom is -0.460 e. The van der Waals surface area contributed by atoms with Crippen molar-refractivity contribution in [3.8, 4) is 0 Å². The molecule has 3 N–H and O–H groups in total. The van der Waals surface area contributed by atoms with E-state index >= 15 is 0 Å². The number of carbonyl (C=O) groups excluding carboxylic acids is 3. The molecule has 192 valence electrons. The SMILES string of the molecule is CCCCN1C(=O)NC(c2ccc(NC(=O)Nc3ccc(Br)cc3)cc2)C(C(=O)OCCOC)=C1C. The highest BCUT2D eigenvalue weighted by Crippen LogP contribution is 2.32. The predicted molar refractivity (Wildman–Crippen MR) is 142 cm³/mol. The Morgan fingerprint density at radius 1 is 1.03 bits per heavy atom. The summed E-state index contributed by atoms with van der Waals surface area (Å²) in [6.07, 6.45) is 1.72. The van der Waals surface area contributed by atoms with Gasteiger partial charge in [-0.3, -0.25) is 4.90 Å². The van der Waals surface area contributed by atoms with Gasteiger partial charge in [0.25, 0.3) is 0 Å². The standard InChI is InChI=1S/C26H31BrN4O5/c1-4-5-14-31-17(2)22(24(32)36-16-15-35-3)23(30-26(31)34)18-6-10-20(11-7-18)28-25(33)29-21-12-8-19(27)9-13-21/h6-13,23H,4-5,14-16H2,1-3H3,(H,30,34)(H2,28,29,33). The van der Waals surface area contributed by atoms with Crippen LogP contribution in [0, 0.1) is 0 Å². The third-order valence-electron chi connectivity index (χ3n) is 5.68. The van der Waals surface area contributed by atoms with E-state index in [1.807, 2.05) is 19.1 Å². The number of anilines is 2. The van der Waals surface area contributed by atoms with Gasteiger partial charge >= 0.3 is 18.0 Å². The van der Waals surface area contributed by atoms with Crippen LogP contribution in [0.2, 0.25) is 0 Å². The second kappa shape index (κ2) is 13.1. The van der Waals surface area contributed by atoms with E-state index in [2.05, 4.69) is 31.9 Å². The van der Waals surface area contributed by atoms with Gasteiger partial charge in [-0.1, -0.05) is 41.4 Å². The number of ether oxygens (including phenoxy) is 2. The molecule has 0 saturated heterocycles. The molecule has 0 saturated carbocycles. The summed E-state index contributed by atoms with van der Waals surface area (Å²) in [6, 6.07) is 12.8. The molecule has 1 aliphatic heterocycles. The van der Waals surface area contributed by atoms with E-state index in [1.165, 1.54) is 7.11 Å². The van der Waals surface area contributed by atoms with Crippen molar-refractivity contribution in [1.29, 1.82) is 0 Å². The Kier molecular flexibility index (Phi) is 9.89. The van der Waals surface area contributed by atoms with Crippen LogP contribution in [0.15, 0.2) is 64.3 Å². The molecule has 0 aromatic heterocycles. The first-order valence-electron chi connectivity index (χ1n) is 11.7. The molecule has 3 rings (SSSR count). The highest BCUT2D eigenvalue weighted by molar-refractivity contribution is 9.10. The maximum atomic E-state index is 13.0. The molecule has 9 nitrogen and oxygen atoms in total. The van der Waals surface area contributed by atoms with Crippen LogP contribution in [0.4, 0.5) is 21.0 Å². The number of carbonyl (C=O) groups is 3. The smallest absolute Gasteiger partial charge is 0.338 e. The lowest BCUT2D eigenvalue weighted by Gasteiger charge is -2.35. The van der Waals surface area contributed by atoms with Crippen LogP contribution in [0.5, 0.6) is 0 Å². The molecule has 0 bridgehead atoms. The summed E-state index contributed by atoms with van der Waals surface area (Å²) in [6.45, 7) is 4.69. The summed E-state index contributed by atoms with van der Waals surface area (Å²) in [5, 5.41) is 8.47. The van der Waals surface area contributed by atoms with E-state index in [4.69, 9.17) is 9.47 Å². The predicted octanol–water partition coefficient (Wildman–Crippen LogP) is 5.42. The van der Waals surface area contributed by atoms with Crippen LogP contribution >= 0.6 is 15.9 Å². The Balaban J connectivity index is 1.78. The lowest BCUT2D eigenvalue weighted by molar-refractivity contribution is -0.140. The number of urea groups is 2. The van der Waals surface area contributed by atoms with Crippen LogP contribution in [0.3, 0.4) is 0 Å². The van der Waals surface area contributed by atoms with Gasteiger partial charge in [0.2, 0.25) is 0 Å². The van der Waals surface area contributed by atoms with Crippen molar-refractivity contribution in [2.75, 3.05) is 37.5 Å². The topological polar surface area (TPSA) is 109 Å². The zero-order valence-corrected chi connectivity index (χ0v) is 22.2. The molecule has 1 heterocycles. The summed E-state index contributed by atoms with van der Waals surface area (Å²) in [4.78, 5) is 39.8. The van der Waals surface area contributed by atoms with E-state index in [-0.39, 0.29) is 25.3 Å². The normalized spacial score (nSPS) is 15.4. The molecule has 1 unspecified atom stereocenters. The van der Waals surface area contributed by atoms with Gasteiger partial charge in [-0.05, 0) is 55.3 Å². The number of hydrogen-bond donors (Lipinski definition) is 3. The molecule has 0 fully saturated rings. The second-order valence-corrected chi connectivity index (χ2v) is 9.14. The summed E-state index contributed by atoms with van der Waals surface area (Å²) >= 11 is 3.36. The second-order valence-electron chi connectivity index (χ2n) is 8.22. The van der Waals surface area contributed by atoms with E-state index in [0.717, 1.165) is 17.3 Å². The van der Waals surface area contributed by atoms with E-state index < -0.39 is 12.0 Å². The Morgan fingerprint density at radius 3 is 2.22 bits per heavy atom. The van der Waals surface area contributed by atoms with Crippen LogP contribution in [-0.2, 0) is 14.3 Å². The fourth-order valence-electron chi connectivity index (χ4n) is 3.76. The lowest BCUT2D eigenvalue weighted by atomic mass is 9.94. The largest absolute Gasteiger partial charge is 0.460 e. The highest BCUT2D eigenvalue weighted by Gasteiger charge is 2.36. The molecule has 0 spiro atoms. The number of benzene rings is 2. The number of hydrogen-bond acceptors (Lipinski definition) is 5. The molecule has 36 heavy (non-hydrogen) atoms. The van der Waals surface area contributed by atoms with Gasteiger partial charge in [-0.15, -0.1) is 0 Å². The Hall–Kier alpha value is -3.37. The van der Waals surface area contributed by atoms with Gasteiger partial charge in [-0.2, -0.15) is 0 Å². The monoisotopic (exact) mass is 558 g/mol. The molecule has 0 radical (unpaired) electrons. The van der Waals surface area contributed by atoms with Gasteiger partial charge in [0.05, 0.1) is 18.2 Å². The van der Waals surface area contributed by atoms with Crippen molar-refractivity contribution in [3.05, 3.63) is 69.8 Å². The third-order valence-corrected chi connectivity index (χ3v) is 6.20. The summed E-state index contributed by atoms with van der Waals surface area (Å²) in [5.74, 6) is -0.507. The fraction of sp³-hybridized carbons (Fsp3) is 0.346. The number of allylic oxidation sites excluding steroid dienone is 1. The average molecular weight is 559 g/mol. The molecule has 10 heteroatoms. The number of esters is 1. The van der Waals surface area contributed by atoms with Crippen LogP contribution in [-0.4, -0.2) is 49.8 Å². The van der Waals surface area contributed by atoms with Crippen molar-refractivity contribution in [2.45, 2.75) is 32.7 Å². The minimum absolute atomic E-state index is 0.109. The van der Waals surface area contributed by atoms with Crippen LogP contribution in [0.25, 0.3) is 0 Å². The minimum atomic E-state index is -0.684. The maximum Gasteiger partial charge on any atom is 0.338 e. The van der Waals surface area contributed by atoms with Crippen molar-refractivity contribution < 1.29 is 23.9 Å². The highest BCUT2D eigenvalue weighted by atomic mass is 79.9. The van der Waals surface area contributed by atoms with Crippen molar-refractivity contribution >= 4 is 45.3 Å². The first-order chi connectivity index (χ1) is 17.3. The van der Waals surface area contributed by atoms with Gasteiger partial charge in [0.1, 0.15) is 6.61 Å². The van der Waals surface area contributed by atoms with Crippen LogP contribution < -0.4 is 16.0 Å². The van der Waals surface area contributed by atoms with Crippen molar-refractivity contribution in [2.24, 2.45) is 0 Å². The molecule has 1 atom stereocenters. The third kappa shape index (κ3) is 7.08. The zero-order valence-electron chi connectivity index (χ0n) is 20.6. The molecular formula is C26H31BrN4O5. The Labute approximate surface area is 219 Å². The average Bonchev–Trinajstić information content (AvgIpc) is 2.85. The summed E-state index contributed by atoms with van der Waals surface area (Å²) < 4.78 is 11.3. The van der Waals surface area contributed by atoms with Crippen molar-refractivity contribution in [3.63, 3.8) is 0 Å². The van der Waals surface area contributed by atoms with Gasteiger partial charge < -0.3 is 25.4 Å². The molecule has 1 aliphatic rings. The number of rotatable bonds is 10. The van der Waals surface area contributed by atoms with Crippen LogP contribution in [0.1, 0.15) is 38.3 Å². The summed E-state index contributed by atoms with van der Waals surface area (Å²) in [7, 11) is 1.53. The Bertz CT molecular complexity index is 1100. The lowest BCUT2D eigenvalue weighted by Crippen LogP contribution is -2.48.